The Morgan fingerprint density at radius 3 is 2.52 bits per heavy atom. The number of amides is 1. The number of likely N-dealkylation sites (N-methyl/N-ethyl adjacent to an activating group) is 1. The van der Waals surface area contributed by atoms with E-state index < -0.39 is 0 Å². The van der Waals surface area contributed by atoms with Crippen LogP contribution in [0.3, 0.4) is 0 Å². The van der Waals surface area contributed by atoms with Gasteiger partial charge in [-0.1, -0.05) is 25.7 Å². The largest absolute Gasteiger partial charge is 0.350 e. The van der Waals surface area contributed by atoms with Gasteiger partial charge < -0.3 is 15.2 Å². The molecule has 1 fully saturated rings. The van der Waals surface area contributed by atoms with Gasteiger partial charge in [-0.25, -0.2) is 0 Å². The molecule has 21 heavy (non-hydrogen) atoms. The van der Waals surface area contributed by atoms with Crippen LogP contribution in [-0.4, -0.2) is 42.0 Å². The molecule has 0 bridgehead atoms. The summed E-state index contributed by atoms with van der Waals surface area (Å²) < 4.78 is 0. The number of nitrogens with one attached hydrogen (secondary N) is 2. The normalized spacial score (nSPS) is 18.2. The molecular weight excluding hydrogens is 266 g/mol. The number of pyridine rings is 1. The maximum absolute atomic E-state index is 12.2. The second-order valence-electron chi connectivity index (χ2n) is 6.13. The van der Waals surface area contributed by atoms with Gasteiger partial charge in [0, 0.05) is 18.3 Å². The first-order valence-corrected chi connectivity index (χ1v) is 7.68. The Labute approximate surface area is 125 Å². The fourth-order valence-electron chi connectivity index (χ4n) is 3.11. The van der Waals surface area contributed by atoms with Crippen molar-refractivity contribution in [1.29, 1.82) is 0 Å². The number of H-pyrrole nitrogens is 1. The van der Waals surface area contributed by atoms with Crippen molar-refractivity contribution in [3.8, 4) is 0 Å². The molecule has 0 unspecified atom stereocenters. The molecule has 116 valence electrons. The van der Waals surface area contributed by atoms with E-state index in [1.807, 2.05) is 0 Å². The van der Waals surface area contributed by atoms with Crippen LogP contribution in [0, 0.1) is 0 Å². The lowest BCUT2D eigenvalue weighted by Crippen LogP contribution is -2.52. The van der Waals surface area contributed by atoms with Gasteiger partial charge in [-0.15, -0.1) is 0 Å². The minimum atomic E-state index is -0.338. The lowest BCUT2D eigenvalue weighted by molar-refractivity contribution is 0.0867. The summed E-state index contributed by atoms with van der Waals surface area (Å²) in [5, 5.41) is 2.96. The zero-order valence-corrected chi connectivity index (χ0v) is 12.9. The number of carbonyl (C=O) groups is 1. The summed E-state index contributed by atoms with van der Waals surface area (Å²) in [4.78, 5) is 28.6. The minimum absolute atomic E-state index is 0.00764. The monoisotopic (exact) mass is 291 g/mol. The van der Waals surface area contributed by atoms with Gasteiger partial charge in [0.25, 0.3) is 11.5 Å². The Hall–Kier alpha value is -1.62. The smallest absolute Gasteiger partial charge is 0.260 e. The number of carbonyl (C=O) groups excluding carboxylic acids is 1. The average molecular weight is 291 g/mol. The van der Waals surface area contributed by atoms with Crippen LogP contribution in [0.15, 0.2) is 23.1 Å². The van der Waals surface area contributed by atoms with Crippen LogP contribution in [0.25, 0.3) is 0 Å². The summed E-state index contributed by atoms with van der Waals surface area (Å²) in [6.07, 6.45) is 8.63. The third kappa shape index (κ3) is 3.73. The van der Waals surface area contributed by atoms with Gasteiger partial charge in [0.05, 0.1) is 0 Å². The molecule has 5 nitrogen and oxygen atoms in total. The van der Waals surface area contributed by atoms with Crippen molar-refractivity contribution in [2.45, 2.75) is 44.1 Å². The van der Waals surface area contributed by atoms with Crippen molar-refractivity contribution < 1.29 is 4.79 Å². The Morgan fingerprint density at radius 1 is 1.29 bits per heavy atom. The Balaban J connectivity index is 2.07. The van der Waals surface area contributed by atoms with Gasteiger partial charge in [-0.3, -0.25) is 9.59 Å². The molecule has 1 aliphatic carbocycles. The van der Waals surface area contributed by atoms with E-state index in [-0.39, 0.29) is 22.6 Å². The number of hydrogen-bond acceptors (Lipinski definition) is 3. The van der Waals surface area contributed by atoms with Gasteiger partial charge in [-0.2, -0.15) is 0 Å². The predicted molar refractivity (Wildman–Crippen MR) is 83.5 cm³/mol. The average Bonchev–Trinajstić information content (AvgIpc) is 2.72. The Morgan fingerprint density at radius 2 is 1.95 bits per heavy atom. The summed E-state index contributed by atoms with van der Waals surface area (Å²) in [6, 6.07) is 3.23. The second-order valence-corrected chi connectivity index (χ2v) is 6.13. The Bertz CT molecular complexity index is 528. The quantitative estimate of drug-likeness (QED) is 0.831. The molecule has 0 spiro atoms. The van der Waals surface area contributed by atoms with Gasteiger partial charge in [0.15, 0.2) is 0 Å². The third-order valence-electron chi connectivity index (χ3n) is 4.62. The fraction of sp³-hybridized carbons (Fsp3) is 0.625. The van der Waals surface area contributed by atoms with Crippen LogP contribution in [-0.2, 0) is 0 Å². The van der Waals surface area contributed by atoms with Crippen LogP contribution in [0.1, 0.15) is 48.9 Å². The molecule has 0 atom stereocenters. The predicted octanol–water partition coefficient (Wildman–Crippen LogP) is 1.76. The van der Waals surface area contributed by atoms with Crippen LogP contribution >= 0.6 is 0 Å². The molecule has 1 aromatic rings. The first-order chi connectivity index (χ1) is 10.1. The molecule has 0 aromatic carbocycles. The number of hydrogen-bond donors (Lipinski definition) is 2. The third-order valence-corrected chi connectivity index (χ3v) is 4.62. The van der Waals surface area contributed by atoms with Gasteiger partial charge in [0.2, 0.25) is 0 Å². The molecule has 0 aliphatic heterocycles. The standard InChI is InChI=1S/C16H25N3O2/c1-19(2)16(9-5-3-4-6-10-16)12-18-15(21)13-8-7-11-17-14(13)20/h7-8,11H,3-6,9-10,12H2,1-2H3,(H,17,20)(H,18,21). The van der Waals surface area contributed by atoms with Crippen molar-refractivity contribution in [3.63, 3.8) is 0 Å². The minimum Gasteiger partial charge on any atom is -0.350 e. The lowest BCUT2D eigenvalue weighted by Gasteiger charge is -2.39. The van der Waals surface area contributed by atoms with Gasteiger partial charge in [0.1, 0.15) is 5.56 Å². The highest BCUT2D eigenvalue weighted by atomic mass is 16.2. The zero-order valence-electron chi connectivity index (χ0n) is 12.9. The van der Waals surface area contributed by atoms with E-state index in [1.165, 1.54) is 31.9 Å². The van der Waals surface area contributed by atoms with E-state index in [4.69, 9.17) is 0 Å². The molecule has 5 heteroatoms. The maximum Gasteiger partial charge on any atom is 0.260 e. The molecule has 1 heterocycles. The Kier molecular flexibility index (Phi) is 5.17. The number of aromatic amines is 1. The van der Waals surface area contributed by atoms with E-state index in [0.717, 1.165) is 12.8 Å². The highest BCUT2D eigenvalue weighted by molar-refractivity contribution is 5.93. The van der Waals surface area contributed by atoms with Crippen molar-refractivity contribution >= 4 is 5.91 Å². The molecule has 1 saturated carbocycles. The highest BCUT2D eigenvalue weighted by Crippen LogP contribution is 2.30. The number of rotatable bonds is 4. The van der Waals surface area contributed by atoms with E-state index in [2.05, 4.69) is 29.3 Å². The van der Waals surface area contributed by atoms with Crippen molar-refractivity contribution in [3.05, 3.63) is 34.2 Å². The molecule has 0 saturated heterocycles. The first-order valence-electron chi connectivity index (χ1n) is 7.68. The first kappa shape index (κ1) is 15.8. The summed E-state index contributed by atoms with van der Waals surface area (Å²) in [7, 11) is 4.15. The molecule has 2 N–H and O–H groups in total. The van der Waals surface area contributed by atoms with Crippen molar-refractivity contribution in [2.24, 2.45) is 0 Å². The second kappa shape index (κ2) is 6.89. The molecule has 0 radical (unpaired) electrons. The molecule has 1 aliphatic rings. The van der Waals surface area contributed by atoms with Crippen LogP contribution in [0.2, 0.25) is 0 Å². The summed E-state index contributed by atoms with van der Waals surface area (Å²) in [5.41, 5.74) is -0.150. The molecule has 2 rings (SSSR count). The van der Waals surface area contributed by atoms with E-state index in [0.29, 0.717) is 6.54 Å². The maximum atomic E-state index is 12.2. The SMILES string of the molecule is CN(C)C1(CNC(=O)c2ccc[nH]c2=O)CCCCCC1. The summed E-state index contributed by atoms with van der Waals surface area (Å²) in [5.74, 6) is -0.290. The van der Waals surface area contributed by atoms with E-state index in [9.17, 15) is 9.59 Å². The zero-order chi connectivity index (χ0) is 15.3. The molecule has 1 amide bonds. The topological polar surface area (TPSA) is 65.2 Å². The molecular formula is C16H25N3O2. The summed E-state index contributed by atoms with van der Waals surface area (Å²) in [6.45, 7) is 0.590. The summed E-state index contributed by atoms with van der Waals surface area (Å²) >= 11 is 0. The van der Waals surface area contributed by atoms with E-state index >= 15 is 0 Å². The lowest BCUT2D eigenvalue weighted by atomic mass is 9.88. The number of nitrogens with zero attached hydrogens (tertiary/aromatic N) is 1. The van der Waals surface area contributed by atoms with Crippen LogP contribution in [0.5, 0.6) is 0 Å². The van der Waals surface area contributed by atoms with E-state index in [1.54, 1.807) is 12.1 Å². The van der Waals surface area contributed by atoms with Crippen LogP contribution in [0.4, 0.5) is 0 Å². The molecule has 1 aromatic heterocycles. The van der Waals surface area contributed by atoms with Crippen molar-refractivity contribution in [1.82, 2.24) is 15.2 Å². The van der Waals surface area contributed by atoms with Gasteiger partial charge >= 0.3 is 0 Å². The fourth-order valence-corrected chi connectivity index (χ4v) is 3.11. The van der Waals surface area contributed by atoms with Crippen molar-refractivity contribution in [2.75, 3.05) is 20.6 Å². The van der Waals surface area contributed by atoms with Gasteiger partial charge in [-0.05, 0) is 39.1 Å². The number of aromatic nitrogens is 1. The highest BCUT2D eigenvalue weighted by Gasteiger charge is 2.33. The van der Waals surface area contributed by atoms with Crippen LogP contribution < -0.4 is 10.9 Å².